The summed E-state index contributed by atoms with van der Waals surface area (Å²) in [5.74, 6) is -0.444. The summed E-state index contributed by atoms with van der Waals surface area (Å²) >= 11 is 18.0. The Hall–Kier alpha value is -2.70. The Morgan fingerprint density at radius 2 is 1.85 bits per heavy atom. The number of hydrogen-bond acceptors (Lipinski definition) is 4. The zero-order valence-corrected chi connectivity index (χ0v) is 15.4. The Labute approximate surface area is 165 Å². The van der Waals surface area contributed by atoms with Crippen LogP contribution in [-0.2, 0) is 4.79 Å². The second-order valence-electron chi connectivity index (χ2n) is 4.89. The van der Waals surface area contributed by atoms with E-state index in [0.29, 0.717) is 16.3 Å². The first-order valence-corrected chi connectivity index (χ1v) is 8.25. The first-order valence-electron chi connectivity index (χ1n) is 7.12. The first kappa shape index (κ1) is 19.6. The summed E-state index contributed by atoms with van der Waals surface area (Å²) in [5.41, 5.74) is 0.741. The molecule has 1 N–H and O–H groups in total. The second kappa shape index (κ2) is 9.12. The summed E-state index contributed by atoms with van der Waals surface area (Å²) in [6.45, 7) is -0.208. The molecular weight excluding hydrogens is 397 g/mol. The van der Waals surface area contributed by atoms with Crippen LogP contribution in [0.3, 0.4) is 0 Å². The number of anilines is 1. The standard InChI is InChI=1S/C18H10Cl3N3O2/c19-13-2-1-3-14(9-13)24-18(25)12(10-23)6-11-7-15(20)17(16(21)8-11)26-5-4-22/h1-3,6-9H,5H2,(H,24,25)/b12-6+. The zero-order chi connectivity index (χ0) is 19.1. The van der Waals surface area contributed by atoms with Crippen molar-refractivity contribution < 1.29 is 9.53 Å². The number of nitrogens with zero attached hydrogens (tertiary/aromatic N) is 2. The molecule has 26 heavy (non-hydrogen) atoms. The fourth-order valence-corrected chi connectivity index (χ4v) is 2.79. The molecule has 0 bridgehead atoms. The Kier molecular flexibility index (Phi) is 6.89. The minimum atomic E-state index is -0.605. The molecule has 1 amide bonds. The summed E-state index contributed by atoms with van der Waals surface area (Å²) in [4.78, 5) is 12.3. The van der Waals surface area contributed by atoms with E-state index in [-0.39, 0.29) is 28.0 Å². The average Bonchev–Trinajstić information content (AvgIpc) is 2.59. The number of rotatable bonds is 5. The van der Waals surface area contributed by atoms with E-state index in [1.807, 2.05) is 12.1 Å². The molecule has 8 heteroatoms. The molecule has 0 saturated heterocycles. The summed E-state index contributed by atoms with van der Waals surface area (Å²) in [6, 6.07) is 13.1. The Morgan fingerprint density at radius 3 is 2.42 bits per heavy atom. The number of carbonyl (C=O) groups excluding carboxylic acids is 1. The Balaban J connectivity index is 2.27. The quantitative estimate of drug-likeness (QED) is 0.553. The molecule has 0 fully saturated rings. The van der Waals surface area contributed by atoms with Crippen LogP contribution < -0.4 is 10.1 Å². The van der Waals surface area contributed by atoms with Gasteiger partial charge in [-0.1, -0.05) is 40.9 Å². The SMILES string of the molecule is N#CCOc1c(Cl)cc(/C=C(\C#N)C(=O)Nc2cccc(Cl)c2)cc1Cl. The van der Waals surface area contributed by atoms with E-state index in [1.54, 1.807) is 24.3 Å². The fourth-order valence-electron chi connectivity index (χ4n) is 1.99. The summed E-state index contributed by atoms with van der Waals surface area (Å²) < 4.78 is 5.14. The first-order chi connectivity index (χ1) is 12.4. The monoisotopic (exact) mass is 405 g/mol. The van der Waals surface area contributed by atoms with Gasteiger partial charge < -0.3 is 10.1 Å². The molecule has 0 heterocycles. The third kappa shape index (κ3) is 5.15. The largest absolute Gasteiger partial charge is 0.476 e. The van der Waals surface area contributed by atoms with Crippen molar-refractivity contribution in [3.8, 4) is 17.9 Å². The Morgan fingerprint density at radius 1 is 1.15 bits per heavy atom. The van der Waals surface area contributed by atoms with Gasteiger partial charge in [-0.2, -0.15) is 10.5 Å². The zero-order valence-electron chi connectivity index (χ0n) is 13.1. The summed E-state index contributed by atoms with van der Waals surface area (Å²) in [5, 5.41) is 21.2. The van der Waals surface area contributed by atoms with Gasteiger partial charge in [0.15, 0.2) is 12.4 Å². The average molecular weight is 407 g/mol. The summed E-state index contributed by atoms with van der Waals surface area (Å²) in [6.07, 6.45) is 1.34. The van der Waals surface area contributed by atoms with Crippen LogP contribution in [0.25, 0.3) is 6.08 Å². The highest BCUT2D eigenvalue weighted by Gasteiger charge is 2.13. The third-order valence-electron chi connectivity index (χ3n) is 3.06. The van der Waals surface area contributed by atoms with E-state index in [2.05, 4.69) is 5.32 Å². The van der Waals surface area contributed by atoms with Crippen LogP contribution in [0.4, 0.5) is 5.69 Å². The number of nitriles is 2. The predicted molar refractivity (Wildman–Crippen MR) is 101 cm³/mol. The van der Waals surface area contributed by atoms with E-state index in [9.17, 15) is 10.1 Å². The molecule has 5 nitrogen and oxygen atoms in total. The van der Waals surface area contributed by atoms with E-state index >= 15 is 0 Å². The van der Waals surface area contributed by atoms with E-state index < -0.39 is 5.91 Å². The van der Waals surface area contributed by atoms with E-state index in [0.717, 1.165) is 0 Å². The van der Waals surface area contributed by atoms with Crippen molar-refractivity contribution in [1.82, 2.24) is 0 Å². The minimum Gasteiger partial charge on any atom is -0.476 e. The van der Waals surface area contributed by atoms with Crippen molar-refractivity contribution in [2.24, 2.45) is 0 Å². The molecule has 0 aliphatic rings. The van der Waals surface area contributed by atoms with Gasteiger partial charge in [0.2, 0.25) is 0 Å². The number of carbonyl (C=O) groups is 1. The third-order valence-corrected chi connectivity index (χ3v) is 3.86. The van der Waals surface area contributed by atoms with Gasteiger partial charge >= 0.3 is 0 Å². The van der Waals surface area contributed by atoms with Gasteiger partial charge in [-0.05, 0) is 42.0 Å². The highest BCUT2D eigenvalue weighted by molar-refractivity contribution is 6.37. The van der Waals surface area contributed by atoms with Crippen LogP contribution in [0.5, 0.6) is 5.75 Å². The molecule has 2 rings (SSSR count). The van der Waals surface area contributed by atoms with Crippen LogP contribution in [0.15, 0.2) is 42.0 Å². The van der Waals surface area contributed by atoms with Gasteiger partial charge in [0.1, 0.15) is 17.7 Å². The lowest BCUT2D eigenvalue weighted by Crippen LogP contribution is -2.13. The molecule has 0 spiro atoms. The molecule has 0 aliphatic heterocycles. The molecule has 2 aromatic rings. The van der Waals surface area contributed by atoms with Crippen molar-refractivity contribution in [2.45, 2.75) is 0 Å². The van der Waals surface area contributed by atoms with Crippen molar-refractivity contribution in [1.29, 1.82) is 10.5 Å². The number of halogens is 3. The van der Waals surface area contributed by atoms with Crippen LogP contribution >= 0.6 is 34.8 Å². The summed E-state index contributed by atoms with van der Waals surface area (Å²) in [7, 11) is 0. The maximum atomic E-state index is 12.3. The number of nitrogens with one attached hydrogen (secondary N) is 1. The molecule has 0 atom stereocenters. The van der Waals surface area contributed by atoms with E-state index in [4.69, 9.17) is 44.8 Å². The fraction of sp³-hybridized carbons (Fsp3) is 0.0556. The van der Waals surface area contributed by atoms with Crippen molar-refractivity contribution in [2.75, 3.05) is 11.9 Å². The molecule has 0 saturated carbocycles. The maximum absolute atomic E-state index is 12.3. The van der Waals surface area contributed by atoms with Crippen LogP contribution in [0, 0.1) is 22.7 Å². The van der Waals surface area contributed by atoms with Gasteiger partial charge in [0.25, 0.3) is 5.91 Å². The molecule has 2 aromatic carbocycles. The van der Waals surface area contributed by atoms with Gasteiger partial charge in [-0.3, -0.25) is 4.79 Å². The molecular formula is C18H10Cl3N3O2. The molecule has 0 aliphatic carbocycles. The van der Waals surface area contributed by atoms with Crippen LogP contribution in [0.2, 0.25) is 15.1 Å². The number of hydrogen-bond donors (Lipinski definition) is 1. The minimum absolute atomic E-state index is 0.150. The van der Waals surface area contributed by atoms with Crippen LogP contribution in [-0.4, -0.2) is 12.5 Å². The smallest absolute Gasteiger partial charge is 0.266 e. The lowest BCUT2D eigenvalue weighted by atomic mass is 10.1. The number of ether oxygens (including phenoxy) is 1. The van der Waals surface area contributed by atoms with Gasteiger partial charge in [0.05, 0.1) is 10.0 Å². The Bertz CT molecular complexity index is 936. The predicted octanol–water partition coefficient (Wildman–Crippen LogP) is 5.09. The van der Waals surface area contributed by atoms with E-state index in [1.165, 1.54) is 18.2 Å². The van der Waals surface area contributed by atoms with Crippen molar-refractivity contribution >= 4 is 52.5 Å². The molecule has 0 aromatic heterocycles. The van der Waals surface area contributed by atoms with Crippen LogP contribution in [0.1, 0.15) is 5.56 Å². The number of amides is 1. The van der Waals surface area contributed by atoms with Gasteiger partial charge in [-0.25, -0.2) is 0 Å². The second-order valence-corrected chi connectivity index (χ2v) is 6.15. The maximum Gasteiger partial charge on any atom is 0.266 e. The van der Waals surface area contributed by atoms with Crippen molar-refractivity contribution in [3.05, 3.63) is 62.6 Å². The number of benzene rings is 2. The van der Waals surface area contributed by atoms with Gasteiger partial charge in [0, 0.05) is 10.7 Å². The lowest BCUT2D eigenvalue weighted by Gasteiger charge is -2.08. The molecule has 0 radical (unpaired) electrons. The van der Waals surface area contributed by atoms with Crippen molar-refractivity contribution in [3.63, 3.8) is 0 Å². The molecule has 130 valence electrons. The highest BCUT2D eigenvalue weighted by Crippen LogP contribution is 2.34. The highest BCUT2D eigenvalue weighted by atomic mass is 35.5. The topological polar surface area (TPSA) is 85.9 Å². The normalized spacial score (nSPS) is 10.6. The van der Waals surface area contributed by atoms with Gasteiger partial charge in [-0.15, -0.1) is 0 Å². The lowest BCUT2D eigenvalue weighted by molar-refractivity contribution is -0.112. The molecule has 0 unspecified atom stereocenters.